The van der Waals surface area contributed by atoms with Crippen molar-refractivity contribution in [1.29, 1.82) is 0 Å². The SMILES string of the molecule is CCCN(CCCl)c1nnc2ccccc2n1. The van der Waals surface area contributed by atoms with Gasteiger partial charge in [0, 0.05) is 19.0 Å². The van der Waals surface area contributed by atoms with Crippen molar-refractivity contribution >= 4 is 28.6 Å². The molecule has 4 nitrogen and oxygen atoms in total. The zero-order valence-corrected chi connectivity index (χ0v) is 10.6. The molecule has 0 aliphatic carbocycles. The summed E-state index contributed by atoms with van der Waals surface area (Å²) in [5.74, 6) is 1.22. The zero-order valence-electron chi connectivity index (χ0n) is 9.80. The van der Waals surface area contributed by atoms with Crippen LogP contribution in [0, 0.1) is 0 Å². The summed E-state index contributed by atoms with van der Waals surface area (Å²) in [6.45, 7) is 3.76. The summed E-state index contributed by atoms with van der Waals surface area (Å²) < 4.78 is 0. The molecule has 5 heteroatoms. The average Bonchev–Trinajstić information content (AvgIpc) is 2.38. The molecule has 0 aliphatic heterocycles. The van der Waals surface area contributed by atoms with Crippen molar-refractivity contribution < 1.29 is 0 Å². The molecule has 90 valence electrons. The van der Waals surface area contributed by atoms with Crippen LogP contribution < -0.4 is 4.90 Å². The fraction of sp³-hybridized carbons (Fsp3) is 0.417. The van der Waals surface area contributed by atoms with Crippen LogP contribution in [0.1, 0.15) is 13.3 Å². The highest BCUT2D eigenvalue weighted by Gasteiger charge is 2.09. The Morgan fingerprint density at radius 3 is 2.59 bits per heavy atom. The van der Waals surface area contributed by atoms with E-state index < -0.39 is 0 Å². The zero-order chi connectivity index (χ0) is 12.1. The Kier molecular flexibility index (Phi) is 4.09. The largest absolute Gasteiger partial charge is 0.338 e. The van der Waals surface area contributed by atoms with Crippen LogP contribution in [0.2, 0.25) is 0 Å². The van der Waals surface area contributed by atoms with Crippen molar-refractivity contribution in [3.63, 3.8) is 0 Å². The minimum Gasteiger partial charge on any atom is -0.338 e. The van der Waals surface area contributed by atoms with Gasteiger partial charge in [0.2, 0.25) is 5.95 Å². The molecule has 0 bridgehead atoms. The molecule has 0 radical (unpaired) electrons. The van der Waals surface area contributed by atoms with Crippen LogP contribution in [0.4, 0.5) is 5.95 Å². The number of halogens is 1. The molecule has 0 fully saturated rings. The van der Waals surface area contributed by atoms with Gasteiger partial charge in [0.25, 0.3) is 0 Å². The summed E-state index contributed by atoms with van der Waals surface area (Å²) in [5.41, 5.74) is 1.69. The molecule has 1 aromatic heterocycles. The molecular weight excluding hydrogens is 236 g/mol. The van der Waals surface area contributed by atoms with Crippen LogP contribution in [-0.2, 0) is 0 Å². The topological polar surface area (TPSA) is 41.9 Å². The van der Waals surface area contributed by atoms with Gasteiger partial charge in [-0.1, -0.05) is 19.1 Å². The Balaban J connectivity index is 2.32. The molecule has 0 saturated carbocycles. The molecule has 0 amide bonds. The molecule has 1 aromatic carbocycles. The van der Waals surface area contributed by atoms with Crippen molar-refractivity contribution in [1.82, 2.24) is 15.2 Å². The van der Waals surface area contributed by atoms with Crippen molar-refractivity contribution in [2.75, 3.05) is 23.9 Å². The minimum atomic E-state index is 0.566. The van der Waals surface area contributed by atoms with Gasteiger partial charge in [-0.05, 0) is 18.6 Å². The molecular formula is C12H15ClN4. The van der Waals surface area contributed by atoms with E-state index in [9.17, 15) is 0 Å². The fourth-order valence-corrected chi connectivity index (χ4v) is 1.89. The van der Waals surface area contributed by atoms with Gasteiger partial charge in [-0.3, -0.25) is 0 Å². The highest BCUT2D eigenvalue weighted by molar-refractivity contribution is 6.18. The van der Waals surface area contributed by atoms with E-state index in [0.717, 1.165) is 30.5 Å². The Morgan fingerprint density at radius 2 is 1.88 bits per heavy atom. The monoisotopic (exact) mass is 250 g/mol. The maximum Gasteiger partial charge on any atom is 0.245 e. The van der Waals surface area contributed by atoms with Gasteiger partial charge in [0.1, 0.15) is 5.52 Å². The van der Waals surface area contributed by atoms with E-state index in [2.05, 4.69) is 27.0 Å². The van der Waals surface area contributed by atoms with Gasteiger partial charge in [0.05, 0.1) is 5.52 Å². The van der Waals surface area contributed by atoms with Gasteiger partial charge in [-0.2, -0.15) is 0 Å². The van der Waals surface area contributed by atoms with E-state index in [1.54, 1.807) is 0 Å². The van der Waals surface area contributed by atoms with E-state index in [1.165, 1.54) is 0 Å². The molecule has 0 spiro atoms. The van der Waals surface area contributed by atoms with Crippen LogP contribution in [0.15, 0.2) is 24.3 Å². The number of anilines is 1. The van der Waals surface area contributed by atoms with Gasteiger partial charge in [-0.25, -0.2) is 4.98 Å². The highest BCUT2D eigenvalue weighted by Crippen LogP contribution is 2.12. The van der Waals surface area contributed by atoms with E-state index in [0.29, 0.717) is 11.8 Å². The summed E-state index contributed by atoms with van der Waals surface area (Å²) in [6, 6.07) is 7.73. The minimum absolute atomic E-state index is 0.566. The van der Waals surface area contributed by atoms with Crippen molar-refractivity contribution in [3.8, 4) is 0 Å². The predicted molar refractivity (Wildman–Crippen MR) is 70.6 cm³/mol. The normalized spacial score (nSPS) is 10.7. The number of rotatable bonds is 5. The smallest absolute Gasteiger partial charge is 0.245 e. The summed E-state index contributed by atoms with van der Waals surface area (Å²) in [4.78, 5) is 6.57. The van der Waals surface area contributed by atoms with Gasteiger partial charge in [-0.15, -0.1) is 21.8 Å². The molecule has 0 N–H and O–H groups in total. The maximum atomic E-state index is 5.78. The molecule has 17 heavy (non-hydrogen) atoms. The third-order valence-corrected chi connectivity index (χ3v) is 2.65. The maximum absolute atomic E-state index is 5.78. The lowest BCUT2D eigenvalue weighted by molar-refractivity contribution is 0.755. The molecule has 0 aliphatic rings. The second-order valence-corrected chi connectivity index (χ2v) is 4.15. The lowest BCUT2D eigenvalue weighted by Gasteiger charge is -2.20. The van der Waals surface area contributed by atoms with E-state index in [1.807, 2.05) is 24.3 Å². The van der Waals surface area contributed by atoms with Crippen LogP contribution in [0.3, 0.4) is 0 Å². The lowest BCUT2D eigenvalue weighted by atomic mass is 10.3. The number of aromatic nitrogens is 3. The first-order valence-electron chi connectivity index (χ1n) is 5.75. The summed E-state index contributed by atoms with van der Waals surface area (Å²) in [6.07, 6.45) is 1.03. The quantitative estimate of drug-likeness (QED) is 0.765. The Hall–Kier alpha value is -1.42. The van der Waals surface area contributed by atoms with Crippen LogP contribution in [0.25, 0.3) is 11.0 Å². The first kappa shape index (κ1) is 12.0. The second kappa shape index (κ2) is 5.77. The molecule has 2 rings (SSSR count). The van der Waals surface area contributed by atoms with E-state index >= 15 is 0 Å². The average molecular weight is 251 g/mol. The van der Waals surface area contributed by atoms with Crippen LogP contribution in [0.5, 0.6) is 0 Å². The molecule has 1 heterocycles. The number of fused-ring (bicyclic) bond motifs is 1. The van der Waals surface area contributed by atoms with Crippen LogP contribution in [-0.4, -0.2) is 34.2 Å². The van der Waals surface area contributed by atoms with Gasteiger partial charge in [0.15, 0.2) is 0 Å². The highest BCUT2D eigenvalue weighted by atomic mass is 35.5. The first-order chi connectivity index (χ1) is 8.35. The lowest BCUT2D eigenvalue weighted by Crippen LogP contribution is -2.28. The molecule has 0 unspecified atom stereocenters. The third-order valence-electron chi connectivity index (χ3n) is 2.48. The second-order valence-electron chi connectivity index (χ2n) is 3.78. The Labute approximate surface area is 106 Å². The summed E-state index contributed by atoms with van der Waals surface area (Å²) >= 11 is 5.78. The van der Waals surface area contributed by atoms with Gasteiger partial charge < -0.3 is 4.90 Å². The van der Waals surface area contributed by atoms with Crippen molar-refractivity contribution in [3.05, 3.63) is 24.3 Å². The number of hydrogen-bond acceptors (Lipinski definition) is 4. The van der Waals surface area contributed by atoms with Crippen molar-refractivity contribution in [2.24, 2.45) is 0 Å². The Morgan fingerprint density at radius 1 is 1.12 bits per heavy atom. The van der Waals surface area contributed by atoms with E-state index in [4.69, 9.17) is 11.6 Å². The predicted octanol–water partition coefficient (Wildman–Crippen LogP) is 2.48. The number of hydrogen-bond donors (Lipinski definition) is 0. The molecule has 0 atom stereocenters. The van der Waals surface area contributed by atoms with Crippen LogP contribution >= 0.6 is 11.6 Å². The molecule has 2 aromatic rings. The number of nitrogens with zero attached hydrogens (tertiary/aromatic N) is 4. The number of alkyl halides is 1. The first-order valence-corrected chi connectivity index (χ1v) is 6.29. The summed E-state index contributed by atoms with van der Waals surface area (Å²) in [5, 5.41) is 8.32. The fourth-order valence-electron chi connectivity index (χ4n) is 1.69. The Bertz CT molecular complexity index is 483. The third kappa shape index (κ3) is 2.82. The number of benzene rings is 1. The van der Waals surface area contributed by atoms with Crippen molar-refractivity contribution in [2.45, 2.75) is 13.3 Å². The number of para-hydroxylation sites is 1. The van der Waals surface area contributed by atoms with Gasteiger partial charge >= 0.3 is 0 Å². The van der Waals surface area contributed by atoms with E-state index in [-0.39, 0.29) is 0 Å². The standard InChI is InChI=1S/C12H15ClN4/c1-2-8-17(9-7-13)12-14-10-5-3-4-6-11(10)15-16-12/h3-6H,2,7-9H2,1H3. The molecule has 0 saturated heterocycles. The summed E-state index contributed by atoms with van der Waals surface area (Å²) in [7, 11) is 0.